The zero-order chi connectivity index (χ0) is 26.1. The molecule has 0 bridgehead atoms. The highest BCUT2D eigenvalue weighted by Gasteiger charge is 2.31. The van der Waals surface area contributed by atoms with Gasteiger partial charge in [-0.1, -0.05) is 94.6 Å². The molecule has 3 aromatic rings. The fraction of sp³-hybridized carbons (Fsp3) is 0.286. The van der Waals surface area contributed by atoms with Crippen LogP contribution < -0.4 is 10.1 Å². The molecule has 0 aliphatic carbocycles. The first-order valence-electron chi connectivity index (χ1n) is 11.7. The van der Waals surface area contributed by atoms with Gasteiger partial charge >= 0.3 is 0 Å². The van der Waals surface area contributed by atoms with Crippen molar-refractivity contribution in [1.29, 1.82) is 0 Å². The maximum absolute atomic E-state index is 13.6. The van der Waals surface area contributed by atoms with E-state index >= 15 is 0 Å². The second kappa shape index (κ2) is 13.7. The van der Waals surface area contributed by atoms with E-state index in [-0.39, 0.29) is 31.0 Å². The third-order valence-corrected chi connectivity index (χ3v) is 6.97. The Labute approximate surface area is 230 Å². The van der Waals surface area contributed by atoms with Gasteiger partial charge in [-0.05, 0) is 48.7 Å². The Hall–Kier alpha value is -2.54. The summed E-state index contributed by atoms with van der Waals surface area (Å²) in [5.74, 6) is -0.195. The molecule has 0 saturated heterocycles. The number of hydrogen-bond donors (Lipinski definition) is 1. The summed E-state index contributed by atoms with van der Waals surface area (Å²) in [4.78, 5) is 28.7. The van der Waals surface area contributed by atoms with Crippen molar-refractivity contribution in [3.63, 3.8) is 0 Å². The lowest BCUT2D eigenvalue weighted by molar-refractivity contribution is -0.143. The van der Waals surface area contributed by atoms with Crippen LogP contribution in [0.25, 0.3) is 0 Å². The molecule has 0 unspecified atom stereocenters. The number of ether oxygens (including phenoxy) is 1. The molecule has 0 fully saturated rings. The molecular weight excluding hydrogens is 563 g/mol. The summed E-state index contributed by atoms with van der Waals surface area (Å²) in [6, 6.07) is 21.3. The van der Waals surface area contributed by atoms with E-state index in [2.05, 4.69) is 21.2 Å². The molecule has 8 heteroatoms. The van der Waals surface area contributed by atoms with Crippen LogP contribution in [0.5, 0.6) is 5.75 Å². The smallest absolute Gasteiger partial charge is 0.261 e. The van der Waals surface area contributed by atoms with Crippen molar-refractivity contribution in [2.45, 2.75) is 45.3 Å². The van der Waals surface area contributed by atoms with E-state index in [4.69, 9.17) is 27.9 Å². The van der Waals surface area contributed by atoms with E-state index in [0.29, 0.717) is 22.2 Å². The van der Waals surface area contributed by atoms with Crippen LogP contribution in [0.4, 0.5) is 0 Å². The summed E-state index contributed by atoms with van der Waals surface area (Å²) in [7, 11) is 0. The predicted octanol–water partition coefficient (Wildman–Crippen LogP) is 6.69. The number of nitrogens with one attached hydrogen (secondary N) is 1. The molecule has 0 aromatic heterocycles. The summed E-state index contributed by atoms with van der Waals surface area (Å²) in [6.45, 7) is 3.81. The SMILES string of the molecule is CC[C@@H](C)NC(=O)[C@@H](Cc1ccccc1)N(Cc1ccccc1Cl)C(=O)COc1ccc(Br)cc1Cl. The Morgan fingerprint density at radius 3 is 2.36 bits per heavy atom. The third kappa shape index (κ3) is 7.99. The Bertz CT molecular complexity index is 1180. The molecule has 3 rings (SSSR count). The van der Waals surface area contributed by atoms with Crippen molar-refractivity contribution in [3.8, 4) is 5.75 Å². The normalized spacial score (nSPS) is 12.5. The van der Waals surface area contributed by atoms with Crippen LogP contribution in [-0.4, -0.2) is 35.4 Å². The first-order chi connectivity index (χ1) is 17.3. The van der Waals surface area contributed by atoms with Gasteiger partial charge in [0.2, 0.25) is 5.91 Å². The molecule has 0 spiro atoms. The van der Waals surface area contributed by atoms with Crippen molar-refractivity contribution in [3.05, 3.63) is 98.4 Å². The van der Waals surface area contributed by atoms with Gasteiger partial charge in [-0.3, -0.25) is 9.59 Å². The van der Waals surface area contributed by atoms with E-state index in [0.717, 1.165) is 22.0 Å². The number of amides is 2. The van der Waals surface area contributed by atoms with Crippen LogP contribution in [0.3, 0.4) is 0 Å². The maximum atomic E-state index is 13.6. The Morgan fingerprint density at radius 1 is 1.00 bits per heavy atom. The van der Waals surface area contributed by atoms with E-state index in [1.54, 1.807) is 29.2 Å². The van der Waals surface area contributed by atoms with Crippen molar-refractivity contribution >= 4 is 50.9 Å². The minimum atomic E-state index is -0.769. The fourth-order valence-corrected chi connectivity index (χ4v) is 4.54. The molecule has 190 valence electrons. The molecule has 3 aromatic carbocycles. The lowest BCUT2D eigenvalue weighted by Crippen LogP contribution is -2.53. The molecule has 36 heavy (non-hydrogen) atoms. The lowest BCUT2D eigenvalue weighted by atomic mass is 10.0. The van der Waals surface area contributed by atoms with Gasteiger partial charge in [-0.2, -0.15) is 0 Å². The zero-order valence-corrected chi connectivity index (χ0v) is 23.3. The van der Waals surface area contributed by atoms with Crippen molar-refractivity contribution in [1.82, 2.24) is 10.2 Å². The second-order valence-electron chi connectivity index (χ2n) is 8.50. The van der Waals surface area contributed by atoms with Gasteiger partial charge in [0.05, 0.1) is 5.02 Å². The first-order valence-corrected chi connectivity index (χ1v) is 13.3. The quantitative estimate of drug-likeness (QED) is 0.270. The number of carbonyl (C=O) groups is 2. The average molecular weight is 592 g/mol. The highest BCUT2D eigenvalue weighted by atomic mass is 79.9. The number of hydrogen-bond acceptors (Lipinski definition) is 3. The zero-order valence-electron chi connectivity index (χ0n) is 20.2. The fourth-order valence-electron chi connectivity index (χ4n) is 3.62. The maximum Gasteiger partial charge on any atom is 0.261 e. The molecule has 2 atom stereocenters. The van der Waals surface area contributed by atoms with Gasteiger partial charge in [0.15, 0.2) is 6.61 Å². The van der Waals surface area contributed by atoms with Gasteiger partial charge in [0.1, 0.15) is 11.8 Å². The highest BCUT2D eigenvalue weighted by Crippen LogP contribution is 2.28. The molecule has 1 N–H and O–H groups in total. The van der Waals surface area contributed by atoms with Gasteiger partial charge in [0, 0.05) is 28.5 Å². The summed E-state index contributed by atoms with van der Waals surface area (Å²) < 4.78 is 6.58. The van der Waals surface area contributed by atoms with E-state index in [1.807, 2.05) is 62.4 Å². The molecule has 0 saturated carbocycles. The van der Waals surface area contributed by atoms with Gasteiger partial charge in [-0.15, -0.1) is 0 Å². The number of nitrogens with zero attached hydrogens (tertiary/aromatic N) is 1. The second-order valence-corrected chi connectivity index (χ2v) is 10.2. The minimum absolute atomic E-state index is 0.0362. The van der Waals surface area contributed by atoms with E-state index in [9.17, 15) is 9.59 Å². The topological polar surface area (TPSA) is 58.6 Å². The predicted molar refractivity (Wildman–Crippen MR) is 148 cm³/mol. The van der Waals surface area contributed by atoms with Crippen molar-refractivity contribution in [2.24, 2.45) is 0 Å². The molecular formula is C28H29BrCl2N2O3. The van der Waals surface area contributed by atoms with Crippen LogP contribution in [0.15, 0.2) is 77.3 Å². The number of halogens is 3. The van der Waals surface area contributed by atoms with Gasteiger partial charge in [0.25, 0.3) is 5.91 Å². The standard InChI is InChI=1S/C28H29BrCl2N2O3/c1-3-19(2)32-28(35)25(15-20-9-5-4-6-10-20)33(17-21-11-7-8-12-23(21)30)27(34)18-36-26-14-13-22(29)16-24(26)31/h4-14,16,19,25H,3,15,17-18H2,1-2H3,(H,32,35)/t19-,25-/m1/s1. The van der Waals surface area contributed by atoms with Crippen LogP contribution >= 0.6 is 39.1 Å². The van der Waals surface area contributed by atoms with Crippen LogP contribution in [0.2, 0.25) is 10.0 Å². The largest absolute Gasteiger partial charge is 0.482 e. The molecule has 0 aliphatic heterocycles. The molecule has 0 radical (unpaired) electrons. The molecule has 0 heterocycles. The minimum Gasteiger partial charge on any atom is -0.482 e. The Kier molecular flexibility index (Phi) is 10.7. The van der Waals surface area contributed by atoms with Gasteiger partial charge in [-0.25, -0.2) is 0 Å². The van der Waals surface area contributed by atoms with E-state index in [1.165, 1.54) is 0 Å². The summed E-state index contributed by atoms with van der Waals surface area (Å²) >= 11 is 16.1. The average Bonchev–Trinajstić information content (AvgIpc) is 2.87. The summed E-state index contributed by atoms with van der Waals surface area (Å²) in [5, 5.41) is 3.94. The van der Waals surface area contributed by atoms with Crippen LogP contribution in [-0.2, 0) is 22.6 Å². The number of rotatable bonds is 11. The molecule has 5 nitrogen and oxygen atoms in total. The van der Waals surface area contributed by atoms with Crippen molar-refractivity contribution in [2.75, 3.05) is 6.61 Å². The summed E-state index contributed by atoms with van der Waals surface area (Å²) in [6.07, 6.45) is 1.12. The molecule has 2 amide bonds. The third-order valence-electron chi connectivity index (χ3n) is 5.82. The van der Waals surface area contributed by atoms with Gasteiger partial charge < -0.3 is 15.0 Å². The number of carbonyl (C=O) groups excluding carboxylic acids is 2. The Morgan fingerprint density at radius 2 is 1.69 bits per heavy atom. The number of benzene rings is 3. The monoisotopic (exact) mass is 590 g/mol. The summed E-state index contributed by atoms with van der Waals surface area (Å²) in [5.41, 5.74) is 1.68. The van der Waals surface area contributed by atoms with Crippen LogP contribution in [0.1, 0.15) is 31.4 Å². The Balaban J connectivity index is 1.93. The van der Waals surface area contributed by atoms with Crippen molar-refractivity contribution < 1.29 is 14.3 Å². The van der Waals surface area contributed by atoms with E-state index < -0.39 is 6.04 Å². The lowest BCUT2D eigenvalue weighted by Gasteiger charge is -2.32. The molecule has 0 aliphatic rings. The van der Waals surface area contributed by atoms with Crippen LogP contribution in [0, 0.1) is 0 Å². The highest BCUT2D eigenvalue weighted by molar-refractivity contribution is 9.10. The first kappa shape index (κ1) is 28.0.